The van der Waals surface area contributed by atoms with E-state index in [1.165, 1.54) is 0 Å². The molecule has 1 nitrogen and oxygen atoms in total. The number of thiol groups is 1. The van der Waals surface area contributed by atoms with Crippen molar-refractivity contribution < 1.29 is 4.79 Å². The van der Waals surface area contributed by atoms with Crippen molar-refractivity contribution in [3.63, 3.8) is 0 Å². The summed E-state index contributed by atoms with van der Waals surface area (Å²) in [7, 11) is 0. The molecule has 2 heteroatoms. The van der Waals surface area contributed by atoms with Crippen LogP contribution in [0.4, 0.5) is 0 Å². The minimum absolute atomic E-state index is 0.182. The maximum Gasteiger partial charge on any atom is 0.212 e. The van der Waals surface area contributed by atoms with E-state index in [9.17, 15) is 4.79 Å². The van der Waals surface area contributed by atoms with Crippen molar-refractivity contribution in [2.24, 2.45) is 0 Å². The molecule has 0 amide bonds. The zero-order valence-corrected chi connectivity index (χ0v) is 7.71. The van der Waals surface area contributed by atoms with E-state index in [-0.39, 0.29) is 5.12 Å². The van der Waals surface area contributed by atoms with Crippen molar-refractivity contribution in [2.45, 2.75) is 6.92 Å². The van der Waals surface area contributed by atoms with Crippen LogP contribution in [-0.4, -0.2) is 5.12 Å². The van der Waals surface area contributed by atoms with Crippen LogP contribution in [0.3, 0.4) is 0 Å². The van der Waals surface area contributed by atoms with Gasteiger partial charge in [-0.1, -0.05) is 30.3 Å². The molecule has 0 atom stereocenters. The number of carbonyl (C=O) groups excluding carboxylic acids is 1. The Hall–Kier alpha value is -1.02. The molecule has 0 radical (unpaired) electrons. The lowest BCUT2D eigenvalue weighted by molar-refractivity contribution is -0.107. The highest BCUT2D eigenvalue weighted by molar-refractivity contribution is 7.97. The third-order valence-corrected chi connectivity index (χ3v) is 1.87. The molecule has 0 aliphatic carbocycles. The molecule has 0 bridgehead atoms. The molecule has 0 fully saturated rings. The summed E-state index contributed by atoms with van der Waals surface area (Å²) >= 11 is 3.72. The van der Waals surface area contributed by atoms with E-state index in [0.717, 1.165) is 5.56 Å². The van der Waals surface area contributed by atoms with Crippen LogP contribution >= 0.6 is 12.6 Å². The first-order valence-electron chi connectivity index (χ1n) is 3.67. The van der Waals surface area contributed by atoms with Crippen molar-refractivity contribution in [3.8, 4) is 0 Å². The molecular formula is C10H10OS. The SMILES string of the molecule is C/C(=C\c1ccccc1)C(=O)S. The Morgan fingerprint density at radius 3 is 2.42 bits per heavy atom. The van der Waals surface area contributed by atoms with Gasteiger partial charge in [0.05, 0.1) is 0 Å². The van der Waals surface area contributed by atoms with E-state index in [4.69, 9.17) is 0 Å². The van der Waals surface area contributed by atoms with E-state index in [2.05, 4.69) is 12.6 Å². The van der Waals surface area contributed by atoms with Gasteiger partial charge in [0.25, 0.3) is 0 Å². The van der Waals surface area contributed by atoms with E-state index < -0.39 is 0 Å². The summed E-state index contributed by atoms with van der Waals surface area (Å²) in [6.07, 6.45) is 1.81. The van der Waals surface area contributed by atoms with Gasteiger partial charge in [0.15, 0.2) is 0 Å². The van der Waals surface area contributed by atoms with Crippen molar-refractivity contribution in [1.82, 2.24) is 0 Å². The standard InChI is InChI=1S/C10H10OS/c1-8(10(11)12)7-9-5-3-2-4-6-9/h2-7H,1H3,(H,11,12)/b8-7+. The van der Waals surface area contributed by atoms with Gasteiger partial charge in [0.2, 0.25) is 5.12 Å². The highest BCUT2D eigenvalue weighted by Gasteiger charge is 1.95. The smallest absolute Gasteiger partial charge is 0.212 e. The second kappa shape index (κ2) is 4.12. The normalized spacial score (nSPS) is 11.3. The molecule has 12 heavy (non-hydrogen) atoms. The number of rotatable bonds is 2. The molecule has 0 unspecified atom stereocenters. The number of carbonyl (C=O) groups is 1. The molecule has 1 rings (SSSR count). The summed E-state index contributed by atoms with van der Waals surface area (Å²) in [5.41, 5.74) is 1.68. The summed E-state index contributed by atoms with van der Waals surface area (Å²) in [5.74, 6) is 0. The summed E-state index contributed by atoms with van der Waals surface area (Å²) in [6, 6.07) is 9.69. The van der Waals surface area contributed by atoms with E-state index in [1.54, 1.807) is 6.92 Å². The fraction of sp³-hybridized carbons (Fsp3) is 0.100. The molecule has 0 spiro atoms. The van der Waals surface area contributed by atoms with Crippen LogP contribution < -0.4 is 0 Å². The molecule has 0 saturated heterocycles. The molecule has 0 N–H and O–H groups in total. The van der Waals surface area contributed by atoms with Gasteiger partial charge in [0.1, 0.15) is 0 Å². The molecule has 62 valence electrons. The summed E-state index contributed by atoms with van der Waals surface area (Å²) in [5, 5.41) is -0.182. The van der Waals surface area contributed by atoms with Gasteiger partial charge in [-0.05, 0) is 18.6 Å². The summed E-state index contributed by atoms with van der Waals surface area (Å²) < 4.78 is 0. The minimum atomic E-state index is -0.182. The van der Waals surface area contributed by atoms with E-state index in [0.29, 0.717) is 5.57 Å². The molecule has 0 saturated carbocycles. The first-order chi connectivity index (χ1) is 5.70. The Morgan fingerprint density at radius 2 is 1.92 bits per heavy atom. The first-order valence-corrected chi connectivity index (χ1v) is 4.11. The first kappa shape index (κ1) is 9.07. The van der Waals surface area contributed by atoms with Gasteiger partial charge < -0.3 is 0 Å². The Bertz CT molecular complexity index is 301. The minimum Gasteiger partial charge on any atom is -0.282 e. The predicted octanol–water partition coefficient (Wildman–Crippen LogP) is 2.55. The predicted molar refractivity (Wildman–Crippen MR) is 54.1 cm³/mol. The Kier molecular flexibility index (Phi) is 3.11. The van der Waals surface area contributed by atoms with Gasteiger partial charge in [-0.3, -0.25) is 4.79 Å². The molecule has 0 aliphatic rings. The Labute approximate surface area is 77.5 Å². The number of hydrogen-bond acceptors (Lipinski definition) is 1. The topological polar surface area (TPSA) is 17.1 Å². The third-order valence-electron chi connectivity index (χ3n) is 1.52. The van der Waals surface area contributed by atoms with Crippen molar-refractivity contribution in [2.75, 3.05) is 0 Å². The average molecular weight is 178 g/mol. The largest absolute Gasteiger partial charge is 0.282 e. The van der Waals surface area contributed by atoms with Crippen LogP contribution in [0, 0.1) is 0 Å². The van der Waals surface area contributed by atoms with Gasteiger partial charge in [-0.2, -0.15) is 0 Å². The lowest BCUT2D eigenvalue weighted by Gasteiger charge is -1.94. The molecule has 0 aliphatic heterocycles. The highest BCUT2D eigenvalue weighted by atomic mass is 32.1. The van der Waals surface area contributed by atoms with Crippen LogP contribution in [0.25, 0.3) is 6.08 Å². The van der Waals surface area contributed by atoms with Crippen molar-refractivity contribution >= 4 is 23.8 Å². The van der Waals surface area contributed by atoms with Crippen LogP contribution in [0.5, 0.6) is 0 Å². The van der Waals surface area contributed by atoms with Gasteiger partial charge in [0, 0.05) is 5.57 Å². The molecule has 0 aromatic heterocycles. The van der Waals surface area contributed by atoms with Gasteiger partial charge >= 0.3 is 0 Å². The van der Waals surface area contributed by atoms with E-state index >= 15 is 0 Å². The van der Waals surface area contributed by atoms with Crippen molar-refractivity contribution in [3.05, 3.63) is 41.5 Å². The highest BCUT2D eigenvalue weighted by Crippen LogP contribution is 2.07. The molecule has 1 aromatic rings. The monoisotopic (exact) mass is 178 g/mol. The fourth-order valence-electron chi connectivity index (χ4n) is 0.861. The fourth-order valence-corrected chi connectivity index (χ4v) is 0.926. The summed E-state index contributed by atoms with van der Waals surface area (Å²) in [4.78, 5) is 10.7. The van der Waals surface area contributed by atoms with Gasteiger partial charge in [-0.15, -0.1) is 12.6 Å². The van der Waals surface area contributed by atoms with Crippen LogP contribution in [0.15, 0.2) is 35.9 Å². The molecular weight excluding hydrogens is 168 g/mol. The third kappa shape index (κ3) is 2.55. The Morgan fingerprint density at radius 1 is 1.33 bits per heavy atom. The Balaban J connectivity index is 2.89. The number of benzene rings is 1. The van der Waals surface area contributed by atoms with E-state index in [1.807, 2.05) is 36.4 Å². The lowest BCUT2D eigenvalue weighted by Crippen LogP contribution is -1.86. The zero-order valence-electron chi connectivity index (χ0n) is 6.82. The quantitative estimate of drug-likeness (QED) is 0.544. The second-order valence-corrected chi connectivity index (χ2v) is 2.95. The van der Waals surface area contributed by atoms with Crippen LogP contribution in [0.1, 0.15) is 12.5 Å². The summed E-state index contributed by atoms with van der Waals surface area (Å²) in [6.45, 7) is 1.75. The molecule has 0 heterocycles. The van der Waals surface area contributed by atoms with Gasteiger partial charge in [-0.25, -0.2) is 0 Å². The van der Waals surface area contributed by atoms with Crippen molar-refractivity contribution in [1.29, 1.82) is 0 Å². The zero-order chi connectivity index (χ0) is 8.97. The maximum absolute atomic E-state index is 10.7. The lowest BCUT2D eigenvalue weighted by atomic mass is 10.1. The number of hydrogen-bond donors (Lipinski definition) is 1. The average Bonchev–Trinajstić information content (AvgIpc) is 2.06. The van der Waals surface area contributed by atoms with Crippen LogP contribution in [-0.2, 0) is 4.79 Å². The maximum atomic E-state index is 10.7. The van der Waals surface area contributed by atoms with Crippen LogP contribution in [0.2, 0.25) is 0 Å². The molecule has 1 aromatic carbocycles. The second-order valence-electron chi connectivity index (χ2n) is 2.54.